The molecule has 0 aromatic carbocycles. The van der Waals surface area contributed by atoms with Crippen LogP contribution in [0, 0.1) is 0 Å². The van der Waals surface area contributed by atoms with Crippen molar-refractivity contribution in [2.45, 2.75) is 51.1 Å². The smallest absolute Gasteiger partial charge is 0.323 e. The van der Waals surface area contributed by atoms with Crippen LogP contribution < -0.4 is 10.6 Å². The van der Waals surface area contributed by atoms with E-state index in [0.29, 0.717) is 0 Å². The lowest BCUT2D eigenvalue weighted by Crippen LogP contribution is -2.51. The van der Waals surface area contributed by atoms with Gasteiger partial charge >= 0.3 is 5.97 Å². The second kappa shape index (κ2) is 5.30. The molecule has 1 fully saturated rings. The van der Waals surface area contributed by atoms with Crippen LogP contribution in [-0.4, -0.2) is 35.1 Å². The SMILES string of the molecule is CC(C)(NCC(=O)NC1CCCC1)C(=O)O. The summed E-state index contributed by atoms with van der Waals surface area (Å²) < 4.78 is 0. The number of carbonyl (C=O) groups is 2. The Morgan fingerprint density at radius 1 is 1.31 bits per heavy atom. The molecule has 3 N–H and O–H groups in total. The summed E-state index contributed by atoms with van der Waals surface area (Å²) in [5.41, 5.74) is -1.06. The van der Waals surface area contributed by atoms with Crippen LogP contribution in [0.1, 0.15) is 39.5 Å². The van der Waals surface area contributed by atoms with Crippen LogP contribution in [0.25, 0.3) is 0 Å². The van der Waals surface area contributed by atoms with Crippen molar-refractivity contribution in [2.24, 2.45) is 0 Å². The standard InChI is InChI=1S/C11H20N2O3/c1-11(2,10(15)16)12-7-9(14)13-8-5-3-4-6-8/h8,12H,3-7H2,1-2H3,(H,13,14)(H,15,16). The molecule has 1 rings (SSSR count). The number of carboxylic acids is 1. The van der Waals surface area contributed by atoms with E-state index in [1.165, 1.54) is 26.7 Å². The van der Waals surface area contributed by atoms with Gasteiger partial charge in [0.05, 0.1) is 6.54 Å². The van der Waals surface area contributed by atoms with E-state index in [-0.39, 0.29) is 18.5 Å². The maximum absolute atomic E-state index is 11.5. The highest BCUT2D eigenvalue weighted by atomic mass is 16.4. The topological polar surface area (TPSA) is 78.4 Å². The highest BCUT2D eigenvalue weighted by Crippen LogP contribution is 2.17. The van der Waals surface area contributed by atoms with E-state index < -0.39 is 11.5 Å². The molecule has 0 unspecified atom stereocenters. The van der Waals surface area contributed by atoms with Crippen molar-refractivity contribution in [3.63, 3.8) is 0 Å². The predicted molar refractivity (Wildman–Crippen MR) is 60.1 cm³/mol. The van der Waals surface area contributed by atoms with Crippen molar-refractivity contribution in [3.8, 4) is 0 Å². The Balaban J connectivity index is 2.26. The average Bonchev–Trinajstić information content (AvgIpc) is 2.67. The van der Waals surface area contributed by atoms with Crippen molar-refractivity contribution >= 4 is 11.9 Å². The Bertz CT molecular complexity index is 270. The second-order valence-electron chi connectivity index (χ2n) is 4.83. The molecule has 1 saturated carbocycles. The van der Waals surface area contributed by atoms with Crippen LogP contribution in [-0.2, 0) is 9.59 Å². The summed E-state index contributed by atoms with van der Waals surface area (Å²) in [5, 5.41) is 14.5. The van der Waals surface area contributed by atoms with Crippen LogP contribution in [0.15, 0.2) is 0 Å². The van der Waals surface area contributed by atoms with Gasteiger partial charge in [0.15, 0.2) is 0 Å². The number of carbonyl (C=O) groups excluding carboxylic acids is 1. The highest BCUT2D eigenvalue weighted by molar-refractivity contribution is 5.81. The van der Waals surface area contributed by atoms with Crippen LogP contribution in [0.2, 0.25) is 0 Å². The summed E-state index contributed by atoms with van der Waals surface area (Å²) in [5.74, 6) is -1.08. The Labute approximate surface area is 95.6 Å². The van der Waals surface area contributed by atoms with Gasteiger partial charge in [-0.05, 0) is 26.7 Å². The third-order valence-electron chi connectivity index (χ3n) is 2.95. The number of nitrogens with one attached hydrogen (secondary N) is 2. The van der Waals surface area contributed by atoms with Gasteiger partial charge in [0.25, 0.3) is 0 Å². The summed E-state index contributed by atoms with van der Waals surface area (Å²) in [6, 6.07) is 0.280. The lowest BCUT2D eigenvalue weighted by atomic mass is 10.1. The van der Waals surface area contributed by atoms with Crippen molar-refractivity contribution in [1.82, 2.24) is 10.6 Å². The van der Waals surface area contributed by atoms with Gasteiger partial charge in [-0.25, -0.2) is 0 Å². The fraction of sp³-hybridized carbons (Fsp3) is 0.818. The number of carboxylic acid groups (broad SMARTS) is 1. The second-order valence-corrected chi connectivity index (χ2v) is 4.83. The average molecular weight is 228 g/mol. The summed E-state index contributed by atoms with van der Waals surface area (Å²) in [4.78, 5) is 22.3. The lowest BCUT2D eigenvalue weighted by Gasteiger charge is -2.21. The lowest BCUT2D eigenvalue weighted by molar-refractivity contribution is -0.143. The summed E-state index contributed by atoms with van der Waals surface area (Å²) in [6.45, 7) is 3.13. The molecule has 5 nitrogen and oxygen atoms in total. The Hall–Kier alpha value is -1.10. The molecule has 0 spiro atoms. The molecular weight excluding hydrogens is 208 g/mol. The number of hydrogen-bond acceptors (Lipinski definition) is 3. The van der Waals surface area contributed by atoms with E-state index in [1.54, 1.807) is 0 Å². The molecule has 0 aliphatic heterocycles. The van der Waals surface area contributed by atoms with Crippen LogP contribution >= 0.6 is 0 Å². The maximum Gasteiger partial charge on any atom is 0.323 e. The quantitative estimate of drug-likeness (QED) is 0.640. The normalized spacial score (nSPS) is 17.4. The van der Waals surface area contributed by atoms with Crippen molar-refractivity contribution < 1.29 is 14.7 Å². The first-order valence-corrected chi connectivity index (χ1v) is 5.69. The Morgan fingerprint density at radius 2 is 1.88 bits per heavy atom. The molecule has 0 bridgehead atoms. The number of rotatable bonds is 5. The molecule has 0 heterocycles. The Kier molecular flexibility index (Phi) is 4.29. The van der Waals surface area contributed by atoms with Gasteiger partial charge in [-0.3, -0.25) is 14.9 Å². The molecule has 1 aliphatic rings. The van der Waals surface area contributed by atoms with Crippen LogP contribution in [0.3, 0.4) is 0 Å². The minimum absolute atomic E-state index is 0.0514. The molecule has 16 heavy (non-hydrogen) atoms. The number of aliphatic carboxylic acids is 1. The van der Waals surface area contributed by atoms with E-state index in [4.69, 9.17) is 5.11 Å². The van der Waals surface area contributed by atoms with Gasteiger partial charge in [-0.1, -0.05) is 12.8 Å². The first-order valence-electron chi connectivity index (χ1n) is 5.69. The van der Waals surface area contributed by atoms with Gasteiger partial charge in [-0.2, -0.15) is 0 Å². The van der Waals surface area contributed by atoms with Crippen LogP contribution in [0.5, 0.6) is 0 Å². The zero-order chi connectivity index (χ0) is 12.2. The first-order chi connectivity index (χ1) is 7.42. The van der Waals surface area contributed by atoms with Gasteiger partial charge < -0.3 is 10.4 Å². The van der Waals surface area contributed by atoms with Gasteiger partial charge in [0, 0.05) is 6.04 Å². The van der Waals surface area contributed by atoms with E-state index in [1.807, 2.05) is 0 Å². The summed E-state index contributed by atoms with van der Waals surface area (Å²) in [6.07, 6.45) is 4.40. The summed E-state index contributed by atoms with van der Waals surface area (Å²) >= 11 is 0. The minimum atomic E-state index is -1.06. The van der Waals surface area contributed by atoms with Crippen molar-refractivity contribution in [2.75, 3.05) is 6.54 Å². The molecular formula is C11H20N2O3. The molecule has 0 aromatic rings. The molecule has 0 radical (unpaired) electrons. The molecule has 1 amide bonds. The Morgan fingerprint density at radius 3 is 2.38 bits per heavy atom. The third kappa shape index (κ3) is 3.81. The predicted octanol–water partition coefficient (Wildman–Crippen LogP) is 0.498. The highest BCUT2D eigenvalue weighted by Gasteiger charge is 2.27. The maximum atomic E-state index is 11.5. The molecule has 0 atom stereocenters. The number of hydrogen-bond donors (Lipinski definition) is 3. The third-order valence-corrected chi connectivity index (χ3v) is 2.95. The molecule has 5 heteroatoms. The molecule has 92 valence electrons. The van der Waals surface area contributed by atoms with Gasteiger partial charge in [0.2, 0.25) is 5.91 Å². The minimum Gasteiger partial charge on any atom is -0.480 e. The summed E-state index contributed by atoms with van der Waals surface area (Å²) in [7, 11) is 0. The zero-order valence-corrected chi connectivity index (χ0v) is 9.88. The monoisotopic (exact) mass is 228 g/mol. The van der Waals surface area contributed by atoms with Gasteiger partial charge in [-0.15, -0.1) is 0 Å². The van der Waals surface area contributed by atoms with Crippen molar-refractivity contribution in [1.29, 1.82) is 0 Å². The zero-order valence-electron chi connectivity index (χ0n) is 9.88. The number of amides is 1. The molecule has 0 aromatic heterocycles. The van der Waals surface area contributed by atoms with E-state index >= 15 is 0 Å². The van der Waals surface area contributed by atoms with E-state index in [2.05, 4.69) is 10.6 Å². The first kappa shape index (κ1) is 13.0. The fourth-order valence-corrected chi connectivity index (χ4v) is 1.73. The van der Waals surface area contributed by atoms with Crippen LogP contribution in [0.4, 0.5) is 0 Å². The molecule has 0 saturated heterocycles. The van der Waals surface area contributed by atoms with Gasteiger partial charge in [0.1, 0.15) is 5.54 Å². The van der Waals surface area contributed by atoms with E-state index in [0.717, 1.165) is 12.8 Å². The fourth-order valence-electron chi connectivity index (χ4n) is 1.73. The molecule has 1 aliphatic carbocycles. The van der Waals surface area contributed by atoms with E-state index in [9.17, 15) is 9.59 Å². The van der Waals surface area contributed by atoms with Crippen molar-refractivity contribution in [3.05, 3.63) is 0 Å². The largest absolute Gasteiger partial charge is 0.480 e.